The standard InChI is InChI=1S/C18H14N2O3.C11H10N2O/c21-18(23-15-8-2-1-3-9-15)20-14-7-6-10-16(13-14)22-17-11-4-5-12-19-17;12-9-4-3-5-10(8-9)14-11-6-1-2-7-13-11/h1-13H,(H,20,21);1-8H,12H2. The zero-order valence-corrected chi connectivity index (χ0v) is 19.7. The Hall–Kier alpha value is -5.37. The van der Waals surface area contributed by atoms with Crippen LogP contribution < -0.4 is 25.3 Å². The van der Waals surface area contributed by atoms with Crippen LogP contribution in [-0.4, -0.2) is 16.1 Å². The van der Waals surface area contributed by atoms with Gasteiger partial charge in [-0.1, -0.05) is 42.5 Å². The molecule has 0 spiro atoms. The molecule has 3 N–H and O–H groups in total. The van der Waals surface area contributed by atoms with Crippen molar-refractivity contribution in [3.8, 4) is 29.0 Å². The van der Waals surface area contributed by atoms with Gasteiger partial charge in [-0.25, -0.2) is 14.8 Å². The first-order valence-corrected chi connectivity index (χ1v) is 11.3. The van der Waals surface area contributed by atoms with E-state index in [4.69, 9.17) is 19.9 Å². The molecule has 1 amide bonds. The molecule has 2 aromatic heterocycles. The summed E-state index contributed by atoms with van der Waals surface area (Å²) in [5.74, 6) is 2.80. The number of ether oxygens (including phenoxy) is 3. The molecule has 0 radical (unpaired) electrons. The minimum Gasteiger partial charge on any atom is -0.439 e. The molecule has 0 bridgehead atoms. The van der Waals surface area contributed by atoms with Crippen LogP contribution >= 0.6 is 0 Å². The minimum absolute atomic E-state index is 0.478. The summed E-state index contributed by atoms with van der Waals surface area (Å²) < 4.78 is 16.3. The molecule has 0 atom stereocenters. The number of rotatable bonds is 6. The van der Waals surface area contributed by atoms with Crippen molar-refractivity contribution < 1.29 is 19.0 Å². The fraction of sp³-hybridized carbons (Fsp3) is 0. The maximum atomic E-state index is 11.9. The van der Waals surface area contributed by atoms with E-state index in [0.717, 1.165) is 0 Å². The highest BCUT2D eigenvalue weighted by Gasteiger charge is 2.06. The van der Waals surface area contributed by atoms with Crippen LogP contribution in [0.15, 0.2) is 128 Å². The number of aromatic nitrogens is 2. The van der Waals surface area contributed by atoms with Crippen molar-refractivity contribution in [2.45, 2.75) is 0 Å². The number of anilines is 2. The average Bonchev–Trinajstić information content (AvgIpc) is 2.91. The van der Waals surface area contributed by atoms with Gasteiger partial charge in [-0.2, -0.15) is 0 Å². The quantitative estimate of drug-likeness (QED) is 0.247. The summed E-state index contributed by atoms with van der Waals surface area (Å²) in [4.78, 5) is 20.0. The summed E-state index contributed by atoms with van der Waals surface area (Å²) in [6.07, 6.45) is 2.77. The second-order valence-corrected chi connectivity index (χ2v) is 7.47. The van der Waals surface area contributed by atoms with Crippen molar-refractivity contribution in [3.63, 3.8) is 0 Å². The fourth-order valence-electron chi connectivity index (χ4n) is 3.01. The van der Waals surface area contributed by atoms with Crippen LogP contribution in [0.5, 0.6) is 29.0 Å². The fourth-order valence-corrected chi connectivity index (χ4v) is 3.01. The maximum Gasteiger partial charge on any atom is 0.417 e. The summed E-state index contributed by atoms with van der Waals surface area (Å²) in [7, 11) is 0. The Balaban J connectivity index is 0.000000195. The van der Waals surface area contributed by atoms with Gasteiger partial charge in [-0.3, -0.25) is 5.32 Å². The minimum atomic E-state index is -0.564. The van der Waals surface area contributed by atoms with Gasteiger partial charge in [0.2, 0.25) is 11.8 Å². The summed E-state index contributed by atoms with van der Waals surface area (Å²) in [6.45, 7) is 0. The first-order valence-electron chi connectivity index (χ1n) is 11.3. The van der Waals surface area contributed by atoms with E-state index in [-0.39, 0.29) is 0 Å². The zero-order chi connectivity index (χ0) is 25.7. The summed E-state index contributed by atoms with van der Waals surface area (Å²) in [5.41, 5.74) is 6.86. The normalized spacial score (nSPS) is 9.84. The van der Waals surface area contributed by atoms with Gasteiger partial charge in [0.25, 0.3) is 0 Å². The highest BCUT2D eigenvalue weighted by Crippen LogP contribution is 2.23. The van der Waals surface area contributed by atoms with Gasteiger partial charge in [-0.05, 0) is 48.5 Å². The molecule has 0 unspecified atom stereocenters. The van der Waals surface area contributed by atoms with Crippen LogP contribution in [0.2, 0.25) is 0 Å². The molecule has 0 saturated heterocycles. The second-order valence-electron chi connectivity index (χ2n) is 7.47. The Kier molecular flexibility index (Phi) is 8.64. The van der Waals surface area contributed by atoms with Crippen molar-refractivity contribution in [2.75, 3.05) is 11.1 Å². The molecule has 0 fully saturated rings. The Morgan fingerprint density at radius 2 is 1.19 bits per heavy atom. The lowest BCUT2D eigenvalue weighted by molar-refractivity contribution is 0.215. The molecule has 37 heavy (non-hydrogen) atoms. The third kappa shape index (κ3) is 8.41. The van der Waals surface area contributed by atoms with E-state index < -0.39 is 6.09 Å². The third-order valence-electron chi connectivity index (χ3n) is 4.61. The first-order chi connectivity index (χ1) is 18.1. The van der Waals surface area contributed by atoms with Crippen molar-refractivity contribution in [1.82, 2.24) is 9.97 Å². The first kappa shape index (κ1) is 24.7. The largest absolute Gasteiger partial charge is 0.439 e. The van der Waals surface area contributed by atoms with Crippen molar-refractivity contribution in [2.24, 2.45) is 0 Å². The Morgan fingerprint density at radius 1 is 0.622 bits per heavy atom. The smallest absolute Gasteiger partial charge is 0.417 e. The number of benzene rings is 3. The van der Waals surface area contributed by atoms with E-state index in [2.05, 4.69) is 15.3 Å². The molecule has 0 aliphatic heterocycles. The van der Waals surface area contributed by atoms with Gasteiger partial charge in [0.1, 0.15) is 17.2 Å². The molecule has 0 aliphatic rings. The number of carbonyl (C=O) groups excluding carboxylic acids is 1. The highest BCUT2D eigenvalue weighted by molar-refractivity contribution is 5.86. The van der Waals surface area contributed by atoms with Crippen molar-refractivity contribution >= 4 is 17.5 Å². The number of nitrogen functional groups attached to an aromatic ring is 1. The van der Waals surface area contributed by atoms with Crippen molar-refractivity contribution in [3.05, 3.63) is 128 Å². The molecule has 0 aliphatic carbocycles. The predicted octanol–water partition coefficient (Wildman–Crippen LogP) is 6.94. The number of nitrogens with one attached hydrogen (secondary N) is 1. The number of hydrogen-bond acceptors (Lipinski definition) is 7. The molecule has 5 aromatic rings. The SMILES string of the molecule is Nc1cccc(Oc2ccccn2)c1.O=C(Nc1cccc(Oc2ccccn2)c1)Oc1ccccc1. The van der Waals surface area contributed by atoms with Crippen LogP contribution in [0, 0.1) is 0 Å². The van der Waals surface area contributed by atoms with Gasteiger partial charge in [0, 0.05) is 48.0 Å². The third-order valence-corrected chi connectivity index (χ3v) is 4.61. The molecule has 8 heteroatoms. The summed E-state index contributed by atoms with van der Waals surface area (Å²) in [5, 5.41) is 2.66. The van der Waals surface area contributed by atoms with E-state index in [9.17, 15) is 4.79 Å². The topological polar surface area (TPSA) is 109 Å². The van der Waals surface area contributed by atoms with Gasteiger partial charge >= 0.3 is 6.09 Å². The summed E-state index contributed by atoms with van der Waals surface area (Å²) >= 11 is 0. The Morgan fingerprint density at radius 3 is 1.78 bits per heavy atom. The van der Waals surface area contributed by atoms with Gasteiger partial charge in [0.15, 0.2) is 0 Å². The maximum absolute atomic E-state index is 11.9. The van der Waals surface area contributed by atoms with E-state index in [0.29, 0.717) is 40.4 Å². The number of nitrogens with two attached hydrogens (primary N) is 1. The lowest BCUT2D eigenvalue weighted by Crippen LogP contribution is -2.16. The molecule has 0 saturated carbocycles. The number of para-hydroxylation sites is 1. The molecular weight excluding hydrogens is 468 g/mol. The average molecular weight is 493 g/mol. The van der Waals surface area contributed by atoms with E-state index in [1.807, 2.05) is 48.5 Å². The summed E-state index contributed by atoms with van der Waals surface area (Å²) in [6, 6.07) is 34.0. The number of carbonyl (C=O) groups is 1. The molecule has 184 valence electrons. The molecule has 5 rings (SSSR count). The molecule has 3 aromatic carbocycles. The monoisotopic (exact) mass is 492 g/mol. The predicted molar refractivity (Wildman–Crippen MR) is 142 cm³/mol. The number of pyridine rings is 2. The van der Waals surface area contributed by atoms with Gasteiger partial charge < -0.3 is 19.9 Å². The zero-order valence-electron chi connectivity index (χ0n) is 19.7. The molecular formula is C29H24N4O4. The van der Waals surface area contributed by atoms with E-state index >= 15 is 0 Å². The lowest BCUT2D eigenvalue weighted by Gasteiger charge is -2.08. The van der Waals surface area contributed by atoms with E-state index in [1.54, 1.807) is 79.1 Å². The lowest BCUT2D eigenvalue weighted by atomic mass is 10.3. The van der Waals surface area contributed by atoms with Crippen LogP contribution in [0.1, 0.15) is 0 Å². The van der Waals surface area contributed by atoms with Crippen LogP contribution in [0.3, 0.4) is 0 Å². The number of nitrogens with zero attached hydrogens (tertiary/aromatic N) is 2. The second kappa shape index (κ2) is 12.9. The molecule has 8 nitrogen and oxygen atoms in total. The van der Waals surface area contributed by atoms with Gasteiger partial charge in [0.05, 0.1) is 0 Å². The highest BCUT2D eigenvalue weighted by atomic mass is 16.6. The van der Waals surface area contributed by atoms with Crippen LogP contribution in [-0.2, 0) is 0 Å². The number of hydrogen-bond donors (Lipinski definition) is 2. The van der Waals surface area contributed by atoms with Crippen LogP contribution in [0.4, 0.5) is 16.2 Å². The van der Waals surface area contributed by atoms with Crippen molar-refractivity contribution in [1.29, 1.82) is 0 Å². The number of amides is 1. The Bertz CT molecular complexity index is 1400. The van der Waals surface area contributed by atoms with E-state index in [1.165, 1.54) is 0 Å². The van der Waals surface area contributed by atoms with Crippen LogP contribution in [0.25, 0.3) is 0 Å². The van der Waals surface area contributed by atoms with Gasteiger partial charge in [-0.15, -0.1) is 0 Å². The molecule has 2 heterocycles. The Labute approximate surface area is 214 Å².